The molecule has 0 aromatic carbocycles. The van der Waals surface area contributed by atoms with E-state index in [4.69, 9.17) is 0 Å². The van der Waals surface area contributed by atoms with E-state index in [2.05, 4.69) is 20.7 Å². The molecule has 2 aromatic rings. The van der Waals surface area contributed by atoms with E-state index in [1.807, 2.05) is 33.8 Å². The lowest BCUT2D eigenvalue weighted by Crippen LogP contribution is -2.45. The molecule has 118 valence electrons. The fourth-order valence-electron chi connectivity index (χ4n) is 2.10. The van der Waals surface area contributed by atoms with Crippen LogP contribution in [0.5, 0.6) is 0 Å². The summed E-state index contributed by atoms with van der Waals surface area (Å²) in [6, 6.07) is 1.84. The van der Waals surface area contributed by atoms with Gasteiger partial charge >= 0.3 is 0 Å². The lowest BCUT2D eigenvalue weighted by molar-refractivity contribution is -0.121. The van der Waals surface area contributed by atoms with E-state index in [1.165, 1.54) is 6.20 Å². The maximum Gasteiger partial charge on any atom is 0.255 e. The van der Waals surface area contributed by atoms with Crippen molar-refractivity contribution in [2.24, 2.45) is 0 Å². The lowest BCUT2D eigenvalue weighted by atomic mass is 10.1. The van der Waals surface area contributed by atoms with E-state index in [-0.39, 0.29) is 23.9 Å². The maximum absolute atomic E-state index is 12.2. The molecular weight excluding hydrogens is 282 g/mol. The van der Waals surface area contributed by atoms with Crippen molar-refractivity contribution < 1.29 is 9.59 Å². The van der Waals surface area contributed by atoms with Gasteiger partial charge in [-0.05, 0) is 34.6 Å². The summed E-state index contributed by atoms with van der Waals surface area (Å²) in [6.45, 7) is 9.24. The van der Waals surface area contributed by atoms with Crippen molar-refractivity contribution in [3.8, 4) is 0 Å². The predicted octanol–water partition coefficient (Wildman–Crippen LogP) is 0.991. The molecule has 0 saturated carbocycles. The summed E-state index contributed by atoms with van der Waals surface area (Å²) in [5, 5.41) is 9.68. The summed E-state index contributed by atoms with van der Waals surface area (Å²) >= 11 is 0. The number of nitrogens with zero attached hydrogens (tertiary/aromatic N) is 3. The van der Waals surface area contributed by atoms with Gasteiger partial charge in [0.1, 0.15) is 0 Å². The van der Waals surface area contributed by atoms with Gasteiger partial charge in [-0.15, -0.1) is 0 Å². The Morgan fingerprint density at radius 1 is 1.27 bits per heavy atom. The van der Waals surface area contributed by atoms with Crippen LogP contribution in [0.4, 0.5) is 0 Å². The van der Waals surface area contributed by atoms with Crippen molar-refractivity contribution in [1.82, 2.24) is 25.2 Å². The third-order valence-electron chi connectivity index (χ3n) is 3.01. The molecular formula is C15H21N5O2. The molecule has 0 fully saturated rings. The Hall–Kier alpha value is -2.44. The van der Waals surface area contributed by atoms with Crippen LogP contribution in [0.15, 0.2) is 12.3 Å². The van der Waals surface area contributed by atoms with Crippen LogP contribution in [0.2, 0.25) is 0 Å². The average molecular weight is 303 g/mol. The quantitative estimate of drug-likeness (QED) is 0.885. The van der Waals surface area contributed by atoms with Gasteiger partial charge in [0.05, 0.1) is 23.5 Å². The van der Waals surface area contributed by atoms with Crippen molar-refractivity contribution in [1.29, 1.82) is 0 Å². The molecule has 0 aliphatic heterocycles. The standard InChI is InChI=1S/C15H21N5O2/c1-9-6-12-16-7-11(10(2)20(12)19-9)14(22)17-8-13(21)18-15(3,4)5/h6-7H,8H2,1-5H3,(H,17,22)(H,18,21). The largest absolute Gasteiger partial charge is 0.350 e. The minimum absolute atomic E-state index is 0.0777. The molecule has 0 aliphatic rings. The van der Waals surface area contributed by atoms with Crippen LogP contribution in [-0.2, 0) is 4.79 Å². The van der Waals surface area contributed by atoms with Crippen LogP contribution in [0.3, 0.4) is 0 Å². The van der Waals surface area contributed by atoms with Gasteiger partial charge in [0.2, 0.25) is 5.91 Å². The fraction of sp³-hybridized carbons (Fsp3) is 0.467. The third-order valence-corrected chi connectivity index (χ3v) is 3.01. The summed E-state index contributed by atoms with van der Waals surface area (Å²) in [6.07, 6.45) is 1.50. The molecule has 0 aliphatic carbocycles. The molecule has 7 nitrogen and oxygen atoms in total. The molecule has 0 bridgehead atoms. The smallest absolute Gasteiger partial charge is 0.255 e. The Morgan fingerprint density at radius 2 is 1.95 bits per heavy atom. The van der Waals surface area contributed by atoms with Crippen LogP contribution in [0.25, 0.3) is 5.65 Å². The molecule has 7 heteroatoms. The molecule has 2 heterocycles. The fourth-order valence-corrected chi connectivity index (χ4v) is 2.10. The zero-order chi connectivity index (χ0) is 16.5. The molecule has 0 atom stereocenters. The van der Waals surface area contributed by atoms with E-state index in [0.717, 1.165) is 5.69 Å². The van der Waals surface area contributed by atoms with Crippen molar-refractivity contribution in [3.63, 3.8) is 0 Å². The van der Waals surface area contributed by atoms with Crippen molar-refractivity contribution in [3.05, 3.63) is 29.2 Å². The first-order chi connectivity index (χ1) is 10.2. The van der Waals surface area contributed by atoms with Gasteiger partial charge in [-0.2, -0.15) is 5.10 Å². The normalized spacial score (nSPS) is 11.5. The Bertz CT molecular complexity index is 727. The number of hydrogen-bond donors (Lipinski definition) is 2. The molecule has 2 amide bonds. The maximum atomic E-state index is 12.2. The number of carbonyl (C=O) groups excluding carboxylic acids is 2. The van der Waals surface area contributed by atoms with Crippen molar-refractivity contribution in [2.45, 2.75) is 40.2 Å². The van der Waals surface area contributed by atoms with Crippen molar-refractivity contribution >= 4 is 17.5 Å². The van der Waals surface area contributed by atoms with Crippen LogP contribution < -0.4 is 10.6 Å². The molecule has 2 aromatic heterocycles. The minimum atomic E-state index is -0.343. The summed E-state index contributed by atoms with van der Waals surface area (Å²) in [7, 11) is 0. The van der Waals surface area contributed by atoms with Gasteiger partial charge in [-0.25, -0.2) is 9.50 Å². The second-order valence-electron chi connectivity index (χ2n) is 6.29. The van der Waals surface area contributed by atoms with Crippen LogP contribution in [-0.4, -0.2) is 38.5 Å². The Kier molecular flexibility index (Phi) is 4.16. The van der Waals surface area contributed by atoms with Crippen molar-refractivity contribution in [2.75, 3.05) is 6.54 Å². The highest BCUT2D eigenvalue weighted by Gasteiger charge is 2.17. The van der Waals surface area contributed by atoms with Gasteiger partial charge in [-0.1, -0.05) is 0 Å². The molecule has 0 unspecified atom stereocenters. The highest BCUT2D eigenvalue weighted by atomic mass is 16.2. The second kappa shape index (κ2) is 5.75. The molecule has 0 radical (unpaired) electrons. The third kappa shape index (κ3) is 3.60. The predicted molar refractivity (Wildman–Crippen MR) is 82.7 cm³/mol. The number of amides is 2. The highest BCUT2D eigenvalue weighted by molar-refractivity contribution is 5.97. The van der Waals surface area contributed by atoms with E-state index >= 15 is 0 Å². The number of aromatic nitrogens is 3. The number of rotatable bonds is 3. The summed E-state index contributed by atoms with van der Waals surface area (Å²) < 4.78 is 1.62. The van der Waals surface area contributed by atoms with Crippen LogP contribution >= 0.6 is 0 Å². The van der Waals surface area contributed by atoms with Gasteiger partial charge < -0.3 is 10.6 Å². The first kappa shape index (κ1) is 15.9. The summed E-state index contributed by atoms with van der Waals surface area (Å²) in [5.41, 5.74) is 2.28. The zero-order valence-corrected chi connectivity index (χ0v) is 13.5. The number of carbonyl (C=O) groups is 2. The molecule has 0 spiro atoms. The molecule has 0 saturated heterocycles. The van der Waals surface area contributed by atoms with E-state index in [0.29, 0.717) is 16.9 Å². The van der Waals surface area contributed by atoms with Crippen LogP contribution in [0, 0.1) is 13.8 Å². The van der Waals surface area contributed by atoms with Gasteiger partial charge in [-0.3, -0.25) is 9.59 Å². The van der Waals surface area contributed by atoms with Gasteiger partial charge in [0.15, 0.2) is 5.65 Å². The highest BCUT2D eigenvalue weighted by Crippen LogP contribution is 2.10. The first-order valence-corrected chi connectivity index (χ1v) is 7.08. The topological polar surface area (TPSA) is 88.4 Å². The minimum Gasteiger partial charge on any atom is -0.350 e. The van der Waals surface area contributed by atoms with E-state index < -0.39 is 0 Å². The van der Waals surface area contributed by atoms with Gasteiger partial charge in [0.25, 0.3) is 5.91 Å². The number of nitrogens with one attached hydrogen (secondary N) is 2. The first-order valence-electron chi connectivity index (χ1n) is 7.08. The van der Waals surface area contributed by atoms with E-state index in [9.17, 15) is 9.59 Å². The number of fused-ring (bicyclic) bond motifs is 1. The number of aryl methyl sites for hydroxylation is 2. The second-order valence-corrected chi connectivity index (χ2v) is 6.29. The Balaban J connectivity index is 2.10. The number of hydrogen-bond acceptors (Lipinski definition) is 4. The Labute approximate surface area is 129 Å². The molecule has 22 heavy (non-hydrogen) atoms. The average Bonchev–Trinajstić information content (AvgIpc) is 2.76. The Morgan fingerprint density at radius 3 is 2.59 bits per heavy atom. The SMILES string of the molecule is Cc1cc2ncc(C(=O)NCC(=O)NC(C)(C)C)c(C)n2n1. The zero-order valence-electron chi connectivity index (χ0n) is 13.5. The molecule has 2 rings (SSSR count). The lowest BCUT2D eigenvalue weighted by Gasteiger charge is -2.20. The van der Waals surface area contributed by atoms with E-state index in [1.54, 1.807) is 11.4 Å². The summed E-state index contributed by atoms with van der Waals surface area (Å²) in [5.74, 6) is -0.577. The van der Waals surface area contributed by atoms with Gasteiger partial charge in [0, 0.05) is 17.8 Å². The molecule has 2 N–H and O–H groups in total. The van der Waals surface area contributed by atoms with Crippen LogP contribution in [0.1, 0.15) is 42.5 Å². The summed E-state index contributed by atoms with van der Waals surface area (Å²) in [4.78, 5) is 28.2. The monoisotopic (exact) mass is 303 g/mol.